The summed E-state index contributed by atoms with van der Waals surface area (Å²) in [4.78, 5) is -0.0544. The number of rotatable bonds is 1. The summed E-state index contributed by atoms with van der Waals surface area (Å²) in [5.74, 6) is 0. The molecule has 2 nitrogen and oxygen atoms in total. The van der Waals surface area contributed by atoms with Crippen molar-refractivity contribution >= 4 is 9.73 Å². The van der Waals surface area contributed by atoms with Crippen LogP contribution in [-0.2, 0) is 9.73 Å². The Bertz CT molecular complexity index is 269. The molecule has 1 heterocycles. The highest BCUT2D eigenvalue weighted by molar-refractivity contribution is 7.96. The lowest BCUT2D eigenvalue weighted by atomic mass is 10.4. The highest BCUT2D eigenvalue weighted by Gasteiger charge is 2.63. The van der Waals surface area contributed by atoms with Gasteiger partial charge in [-0.3, -0.25) is 0 Å². The van der Waals surface area contributed by atoms with E-state index in [0.29, 0.717) is 0 Å². The first-order chi connectivity index (χ1) is 4.35. The third kappa shape index (κ3) is 0.617. The molecule has 0 amide bonds. The summed E-state index contributed by atoms with van der Waals surface area (Å²) >= 11 is 0. The van der Waals surface area contributed by atoms with Crippen LogP contribution in [-0.4, -0.2) is 25.3 Å². The number of hydrogen-bond acceptors (Lipinski definition) is 1. The molecule has 0 radical (unpaired) electrons. The third-order valence-electron chi connectivity index (χ3n) is 2.49. The van der Waals surface area contributed by atoms with Gasteiger partial charge in [-0.2, -0.15) is 8.15 Å². The van der Waals surface area contributed by atoms with Gasteiger partial charge in [0.2, 0.25) is 9.73 Å². The molecule has 3 heteroatoms. The molecular weight excluding hydrogens is 146 g/mol. The van der Waals surface area contributed by atoms with Crippen molar-refractivity contribution in [1.82, 2.24) is 0 Å². The largest absolute Gasteiger partial charge is 0.281 e. The molecule has 1 rings (SSSR count). The van der Waals surface area contributed by atoms with Crippen LogP contribution < -0.4 is 0 Å². The summed E-state index contributed by atoms with van der Waals surface area (Å²) < 4.78 is 13.9. The van der Waals surface area contributed by atoms with Gasteiger partial charge in [-0.25, -0.2) is 0 Å². The molecule has 0 N–H and O–H groups in total. The summed E-state index contributed by atoms with van der Waals surface area (Å²) in [6.45, 7) is 8.12. The third-order valence-corrected chi connectivity index (χ3v) is 6.57. The van der Waals surface area contributed by atoms with Gasteiger partial charge in [0, 0.05) is 13.8 Å². The molecule has 0 saturated heterocycles. The van der Waals surface area contributed by atoms with Crippen LogP contribution in [0.5, 0.6) is 0 Å². The van der Waals surface area contributed by atoms with Gasteiger partial charge in [-0.05, 0) is 13.8 Å². The lowest BCUT2D eigenvalue weighted by Gasteiger charge is -1.94. The number of nitrogens with zero attached hydrogens (tertiary/aromatic N) is 1. The average Bonchev–Trinajstić information content (AvgIpc) is 2.16. The van der Waals surface area contributed by atoms with Crippen LogP contribution in [0.25, 0.3) is 0 Å². The fraction of sp³-hybridized carbons (Fsp3) is 1.00. The van der Waals surface area contributed by atoms with Crippen molar-refractivity contribution in [2.45, 2.75) is 37.8 Å². The maximum atomic E-state index is 11.9. The van der Waals surface area contributed by atoms with E-state index in [4.69, 9.17) is 0 Å². The van der Waals surface area contributed by atoms with Crippen molar-refractivity contribution in [3.8, 4) is 0 Å². The fourth-order valence-corrected chi connectivity index (χ4v) is 4.76. The van der Waals surface area contributed by atoms with E-state index < -0.39 is 9.73 Å². The molecule has 0 aromatic heterocycles. The predicted octanol–water partition coefficient (Wildman–Crippen LogP) is 1.25. The van der Waals surface area contributed by atoms with E-state index >= 15 is 0 Å². The van der Waals surface area contributed by atoms with Gasteiger partial charge in [-0.15, -0.1) is 0 Å². The minimum absolute atomic E-state index is 0.0544. The highest BCUT2D eigenvalue weighted by Crippen LogP contribution is 2.37. The zero-order valence-electron chi connectivity index (χ0n) is 7.34. The molecule has 1 atom stereocenters. The van der Waals surface area contributed by atoms with Crippen molar-refractivity contribution < 1.29 is 8.15 Å². The van der Waals surface area contributed by atoms with Crippen molar-refractivity contribution in [3.05, 3.63) is 0 Å². The van der Waals surface area contributed by atoms with Crippen LogP contribution in [0.1, 0.15) is 27.7 Å². The first kappa shape index (κ1) is 8.05. The minimum atomic E-state index is -1.66. The Morgan fingerprint density at radius 1 is 1.40 bits per heavy atom. The molecule has 0 spiro atoms. The van der Waals surface area contributed by atoms with E-state index in [0.717, 1.165) is 0 Å². The molecule has 1 aliphatic heterocycles. The molecule has 1 unspecified atom stereocenters. The van der Waals surface area contributed by atoms with Crippen molar-refractivity contribution in [3.63, 3.8) is 0 Å². The van der Waals surface area contributed by atoms with E-state index in [-0.39, 0.29) is 10.1 Å². The van der Waals surface area contributed by atoms with Crippen LogP contribution in [0.4, 0.5) is 0 Å². The topological polar surface area (TPSA) is 20.1 Å². The predicted molar refractivity (Wildman–Crippen MR) is 43.5 cm³/mol. The van der Waals surface area contributed by atoms with E-state index in [1.165, 1.54) is 0 Å². The van der Waals surface area contributed by atoms with Gasteiger partial charge < -0.3 is 0 Å². The second-order valence-corrected chi connectivity index (χ2v) is 7.19. The zero-order valence-corrected chi connectivity index (χ0v) is 8.16. The SMILES string of the molecule is CC(C)S1(=O)=[N+](C)C1(C)C. The molecule has 10 heavy (non-hydrogen) atoms. The fourth-order valence-electron chi connectivity index (χ4n) is 1.51. The summed E-state index contributed by atoms with van der Waals surface area (Å²) in [5, 5.41) is 0.285. The summed E-state index contributed by atoms with van der Waals surface area (Å²) in [5.41, 5.74) is 0. The molecular formula is C7H16NOS+. The first-order valence-corrected chi connectivity index (χ1v) is 5.19. The average molecular weight is 162 g/mol. The lowest BCUT2D eigenvalue weighted by Crippen LogP contribution is -2.17. The lowest BCUT2D eigenvalue weighted by molar-refractivity contribution is -0.462. The van der Waals surface area contributed by atoms with Gasteiger partial charge in [-0.1, -0.05) is 0 Å². The Labute approximate surface area is 63.4 Å². The highest BCUT2D eigenvalue weighted by atomic mass is 32.2. The Hall–Kier alpha value is -0.0500. The Morgan fingerprint density at radius 3 is 1.70 bits per heavy atom. The molecule has 0 aromatic carbocycles. The molecule has 1 aliphatic rings. The van der Waals surface area contributed by atoms with Gasteiger partial charge in [0.1, 0.15) is 7.05 Å². The summed E-state index contributed by atoms with van der Waals surface area (Å²) in [7, 11) is 0.269. The molecule has 0 fully saturated rings. The Kier molecular flexibility index (Phi) is 1.41. The maximum absolute atomic E-state index is 11.9. The smallest absolute Gasteiger partial charge is 0.199 e. The van der Waals surface area contributed by atoms with E-state index in [1.807, 2.05) is 38.7 Å². The monoisotopic (exact) mass is 162 g/mol. The van der Waals surface area contributed by atoms with Crippen LogP contribution in [0, 0.1) is 0 Å². The summed E-state index contributed by atoms with van der Waals surface area (Å²) in [6.07, 6.45) is 0. The molecule has 0 aliphatic carbocycles. The summed E-state index contributed by atoms with van der Waals surface area (Å²) in [6, 6.07) is 0. The first-order valence-electron chi connectivity index (χ1n) is 3.61. The quantitative estimate of drug-likeness (QED) is 0.531. The van der Waals surface area contributed by atoms with Crippen molar-refractivity contribution in [2.24, 2.45) is 0 Å². The number of hydrogen-bond donors (Lipinski definition) is 0. The van der Waals surface area contributed by atoms with Crippen molar-refractivity contribution in [2.75, 3.05) is 7.05 Å². The van der Waals surface area contributed by atoms with Crippen LogP contribution >= 0.6 is 0 Å². The van der Waals surface area contributed by atoms with Crippen LogP contribution in [0.2, 0.25) is 0 Å². The second-order valence-electron chi connectivity index (χ2n) is 3.56. The standard InChI is InChI=1S/C7H16NOS/c1-6(2)10(9)7(3,4)8(10)5/h6H,1-5H3/q+1. The Balaban J connectivity index is 3.08. The molecule has 0 bridgehead atoms. The van der Waals surface area contributed by atoms with E-state index in [1.54, 1.807) is 0 Å². The van der Waals surface area contributed by atoms with Crippen LogP contribution in [0.3, 0.4) is 0 Å². The minimum Gasteiger partial charge on any atom is -0.199 e. The Morgan fingerprint density at radius 2 is 1.70 bits per heavy atom. The molecule has 0 saturated carbocycles. The van der Waals surface area contributed by atoms with Gasteiger partial charge in [0.15, 0.2) is 0 Å². The van der Waals surface area contributed by atoms with Crippen LogP contribution in [0.15, 0.2) is 0 Å². The van der Waals surface area contributed by atoms with E-state index in [9.17, 15) is 4.21 Å². The molecule has 60 valence electrons. The zero-order chi connectivity index (χ0) is 8.15. The van der Waals surface area contributed by atoms with Crippen molar-refractivity contribution in [1.29, 1.82) is 0 Å². The van der Waals surface area contributed by atoms with E-state index in [2.05, 4.69) is 0 Å². The van der Waals surface area contributed by atoms with Gasteiger partial charge in [0.25, 0.3) is 4.87 Å². The second kappa shape index (κ2) is 1.76. The normalized spacial score (nSPS) is 36.8. The van der Waals surface area contributed by atoms with Gasteiger partial charge in [0.05, 0.1) is 5.25 Å². The molecule has 0 aromatic rings. The van der Waals surface area contributed by atoms with Gasteiger partial charge >= 0.3 is 0 Å². The maximum Gasteiger partial charge on any atom is 0.281 e.